The van der Waals surface area contributed by atoms with Crippen LogP contribution in [0.5, 0.6) is 0 Å². The zero-order valence-corrected chi connectivity index (χ0v) is 19.5. The van der Waals surface area contributed by atoms with Crippen LogP contribution in [-0.4, -0.2) is 68.3 Å². The molecule has 2 aromatic rings. The van der Waals surface area contributed by atoms with Crippen molar-refractivity contribution in [2.45, 2.75) is 81.1 Å². The summed E-state index contributed by atoms with van der Waals surface area (Å²) in [6.45, 7) is 3.54. The maximum Gasteiger partial charge on any atom is 0.147 e. The zero-order chi connectivity index (χ0) is 24.3. The van der Waals surface area contributed by atoms with Gasteiger partial charge < -0.3 is 30.3 Å². The predicted molar refractivity (Wildman–Crippen MR) is 127 cm³/mol. The third-order valence-electron chi connectivity index (χ3n) is 7.95. The lowest BCUT2D eigenvalue weighted by Crippen LogP contribution is -2.58. The third kappa shape index (κ3) is 3.77. The first-order valence-electron chi connectivity index (χ1n) is 12.0. The van der Waals surface area contributed by atoms with Gasteiger partial charge in [-0.3, -0.25) is 0 Å². The molecule has 2 aliphatic carbocycles. The molecule has 6 heteroatoms. The fourth-order valence-electron chi connectivity index (χ4n) is 5.82. The van der Waals surface area contributed by atoms with E-state index in [0.717, 1.165) is 31.2 Å². The summed E-state index contributed by atoms with van der Waals surface area (Å²) in [5.74, 6) is 5.96. The van der Waals surface area contributed by atoms with Gasteiger partial charge in [-0.05, 0) is 73.9 Å². The summed E-state index contributed by atoms with van der Waals surface area (Å²) < 4.78 is 5.53. The smallest absolute Gasteiger partial charge is 0.147 e. The van der Waals surface area contributed by atoms with Gasteiger partial charge >= 0.3 is 0 Å². The van der Waals surface area contributed by atoms with Gasteiger partial charge in [0.1, 0.15) is 30.5 Å². The van der Waals surface area contributed by atoms with Crippen molar-refractivity contribution in [3.8, 4) is 23.0 Å². The van der Waals surface area contributed by atoms with Gasteiger partial charge in [-0.2, -0.15) is 0 Å². The Kier molecular flexibility index (Phi) is 5.84. The average Bonchev–Trinajstić information content (AvgIpc) is 3.07. The van der Waals surface area contributed by atoms with E-state index < -0.39 is 42.7 Å². The van der Waals surface area contributed by atoms with Crippen LogP contribution in [0.15, 0.2) is 36.4 Å². The van der Waals surface area contributed by atoms with Crippen molar-refractivity contribution < 1.29 is 30.3 Å². The highest BCUT2D eigenvalue weighted by Gasteiger charge is 2.47. The summed E-state index contributed by atoms with van der Waals surface area (Å²) in [6, 6.07) is 12.7. The van der Waals surface area contributed by atoms with Gasteiger partial charge in [0.05, 0.1) is 12.2 Å². The summed E-state index contributed by atoms with van der Waals surface area (Å²) in [4.78, 5) is 0. The molecule has 180 valence electrons. The number of benzene rings is 2. The molecule has 0 unspecified atom stereocenters. The summed E-state index contributed by atoms with van der Waals surface area (Å²) >= 11 is 0. The van der Waals surface area contributed by atoms with Crippen LogP contribution < -0.4 is 0 Å². The number of rotatable bonds is 1. The summed E-state index contributed by atoms with van der Waals surface area (Å²) in [6.07, 6.45) is -3.07. The fourth-order valence-corrected chi connectivity index (χ4v) is 5.82. The Morgan fingerprint density at radius 2 is 1.56 bits per heavy atom. The van der Waals surface area contributed by atoms with E-state index in [1.165, 1.54) is 27.8 Å². The molecule has 34 heavy (non-hydrogen) atoms. The number of hydrogen-bond acceptors (Lipinski definition) is 6. The third-order valence-corrected chi connectivity index (χ3v) is 7.95. The van der Waals surface area contributed by atoms with Gasteiger partial charge in [0, 0.05) is 11.0 Å². The van der Waals surface area contributed by atoms with E-state index in [1.807, 2.05) is 13.0 Å². The molecule has 5 atom stereocenters. The SMILES string of the molecule is Cc1ccc2c(c1)C1(CCC(C)(O)CC1)c1cc(C#C[C@H]3O[C@H](CO)[C@@H](O)[C@H](O)[C@@H]3O)ccc1-2. The quantitative estimate of drug-likeness (QED) is 0.412. The highest BCUT2D eigenvalue weighted by atomic mass is 16.5. The van der Waals surface area contributed by atoms with Crippen LogP contribution >= 0.6 is 0 Å². The second-order valence-electron chi connectivity index (χ2n) is 10.4. The zero-order valence-electron chi connectivity index (χ0n) is 19.5. The minimum Gasteiger partial charge on any atom is -0.394 e. The Labute approximate surface area is 199 Å². The topological polar surface area (TPSA) is 110 Å². The molecule has 3 aliphatic rings. The van der Waals surface area contributed by atoms with Crippen LogP contribution in [0, 0.1) is 18.8 Å². The maximum absolute atomic E-state index is 10.6. The summed E-state index contributed by atoms with van der Waals surface area (Å²) in [5, 5.41) is 50.4. The van der Waals surface area contributed by atoms with Crippen LogP contribution in [0.2, 0.25) is 0 Å². The molecule has 1 saturated carbocycles. The summed E-state index contributed by atoms with van der Waals surface area (Å²) in [7, 11) is 0. The van der Waals surface area contributed by atoms with E-state index >= 15 is 0 Å². The Morgan fingerprint density at radius 3 is 2.24 bits per heavy atom. The number of aryl methyl sites for hydroxylation is 1. The Hall–Kier alpha value is -2.24. The summed E-state index contributed by atoms with van der Waals surface area (Å²) in [5.41, 5.74) is 6.10. The molecule has 6 nitrogen and oxygen atoms in total. The normalized spacial score (nSPS) is 36.5. The molecule has 1 heterocycles. The van der Waals surface area contributed by atoms with Crippen LogP contribution in [0.1, 0.15) is 54.9 Å². The van der Waals surface area contributed by atoms with E-state index in [9.17, 15) is 25.5 Å². The van der Waals surface area contributed by atoms with Crippen molar-refractivity contribution in [2.24, 2.45) is 0 Å². The first-order chi connectivity index (χ1) is 16.1. The molecule has 1 aliphatic heterocycles. The molecule has 5 rings (SSSR count). The highest BCUT2D eigenvalue weighted by Crippen LogP contribution is 2.57. The average molecular weight is 465 g/mol. The first kappa shape index (κ1) is 23.5. The molecule has 0 amide bonds. The molecule has 2 fully saturated rings. The largest absolute Gasteiger partial charge is 0.394 e. The van der Waals surface area contributed by atoms with Gasteiger partial charge in [0.2, 0.25) is 0 Å². The Morgan fingerprint density at radius 1 is 0.912 bits per heavy atom. The number of aliphatic hydroxyl groups is 5. The molecule has 5 N–H and O–H groups in total. The second kappa shape index (κ2) is 8.46. The molecule has 0 aromatic heterocycles. The maximum atomic E-state index is 10.6. The minimum atomic E-state index is -1.44. The fraction of sp³-hybridized carbons (Fsp3) is 0.500. The van der Waals surface area contributed by atoms with Gasteiger partial charge in [0.15, 0.2) is 0 Å². The predicted octanol–water partition coefficient (Wildman–Crippen LogP) is 1.78. The molecular formula is C28H32O6. The molecule has 2 aromatic carbocycles. The number of hydrogen-bond donors (Lipinski definition) is 5. The first-order valence-corrected chi connectivity index (χ1v) is 12.0. The van der Waals surface area contributed by atoms with E-state index in [0.29, 0.717) is 0 Å². The molecule has 0 bridgehead atoms. The molecular weight excluding hydrogens is 432 g/mol. The standard InChI is InChI=1S/C28H32O6/c1-16-3-6-18-19-7-4-17(5-8-22-24(30)26(32)25(31)23(15-29)34-22)14-21(19)28(20(18)13-16)11-9-27(2,33)10-12-28/h3-4,6-7,13-14,22-26,29-33H,9-12,15H2,1-2H3/t22-,23-,24-,25-,26-,27?,28?/m1/s1. The van der Waals surface area contributed by atoms with Crippen LogP contribution in [0.4, 0.5) is 0 Å². The Bertz CT molecular complexity index is 1150. The molecule has 1 saturated heterocycles. The Balaban J connectivity index is 1.52. The van der Waals surface area contributed by atoms with Gasteiger partial charge in [-0.15, -0.1) is 0 Å². The number of aliphatic hydroxyl groups excluding tert-OH is 4. The highest BCUT2D eigenvalue weighted by molar-refractivity contribution is 5.82. The van der Waals surface area contributed by atoms with E-state index in [-0.39, 0.29) is 5.41 Å². The lowest BCUT2D eigenvalue weighted by molar-refractivity contribution is -0.214. The van der Waals surface area contributed by atoms with Crippen molar-refractivity contribution in [1.82, 2.24) is 0 Å². The number of fused-ring (bicyclic) bond motifs is 5. The second-order valence-corrected chi connectivity index (χ2v) is 10.4. The van der Waals surface area contributed by atoms with Crippen molar-refractivity contribution in [1.29, 1.82) is 0 Å². The lowest BCUT2D eigenvalue weighted by atomic mass is 9.64. The number of ether oxygens (including phenoxy) is 1. The van der Waals surface area contributed by atoms with Crippen molar-refractivity contribution in [3.63, 3.8) is 0 Å². The van der Waals surface area contributed by atoms with Crippen molar-refractivity contribution in [2.75, 3.05) is 6.61 Å². The monoisotopic (exact) mass is 464 g/mol. The van der Waals surface area contributed by atoms with Gasteiger partial charge in [-0.25, -0.2) is 0 Å². The van der Waals surface area contributed by atoms with Crippen LogP contribution in [0.3, 0.4) is 0 Å². The van der Waals surface area contributed by atoms with E-state index in [1.54, 1.807) is 0 Å². The van der Waals surface area contributed by atoms with Gasteiger partial charge in [-0.1, -0.05) is 41.7 Å². The van der Waals surface area contributed by atoms with Crippen LogP contribution in [0.25, 0.3) is 11.1 Å². The van der Waals surface area contributed by atoms with E-state index in [4.69, 9.17) is 4.74 Å². The van der Waals surface area contributed by atoms with Crippen molar-refractivity contribution in [3.05, 3.63) is 58.7 Å². The van der Waals surface area contributed by atoms with Crippen molar-refractivity contribution >= 4 is 0 Å². The van der Waals surface area contributed by atoms with Crippen LogP contribution in [-0.2, 0) is 10.2 Å². The van der Waals surface area contributed by atoms with E-state index in [2.05, 4.69) is 49.1 Å². The minimum absolute atomic E-state index is 0.167. The van der Waals surface area contributed by atoms with Gasteiger partial charge in [0.25, 0.3) is 0 Å². The molecule has 0 radical (unpaired) electrons. The lowest BCUT2D eigenvalue weighted by Gasteiger charge is -2.42. The molecule has 1 spiro atoms.